The number of hydrogen-bond acceptors (Lipinski definition) is 6. The minimum Gasteiger partial charge on any atom is -0.507 e. The lowest BCUT2D eigenvalue weighted by atomic mass is 9.78. The number of hydrazone groups is 1. The van der Waals surface area contributed by atoms with Crippen LogP contribution in [0.15, 0.2) is 68.9 Å². The molecule has 2 unspecified atom stereocenters. The smallest absolute Gasteiger partial charge is 0.343 e. The molecule has 2 heterocycles. The molecule has 0 spiro atoms. The molecule has 6 nitrogen and oxygen atoms in total. The molecule has 1 fully saturated rings. The van der Waals surface area contributed by atoms with E-state index < -0.39 is 11.5 Å². The minimum absolute atomic E-state index is 0. The third-order valence-corrected chi connectivity index (χ3v) is 6.34. The van der Waals surface area contributed by atoms with Crippen molar-refractivity contribution in [3.05, 3.63) is 76.1 Å². The Hall–Kier alpha value is -2.83. The molecular formula is C25H30ClN3O3. The average molecular weight is 456 g/mol. The topological polar surface area (TPSA) is 92.1 Å². The van der Waals surface area contributed by atoms with Crippen LogP contribution in [0.1, 0.15) is 43.2 Å². The predicted molar refractivity (Wildman–Crippen MR) is 131 cm³/mol. The molecule has 0 amide bonds. The molecule has 1 aliphatic rings. The molecule has 0 saturated carbocycles. The lowest BCUT2D eigenvalue weighted by molar-refractivity contribution is 0.207. The Bertz CT molecular complexity index is 1120. The number of nitrogens with zero attached hydrogens (tertiary/aromatic N) is 2. The van der Waals surface area contributed by atoms with E-state index in [1.54, 1.807) is 18.2 Å². The first-order valence-electron chi connectivity index (χ1n) is 10.9. The van der Waals surface area contributed by atoms with E-state index in [9.17, 15) is 9.90 Å². The van der Waals surface area contributed by atoms with Crippen LogP contribution in [0.5, 0.6) is 5.75 Å². The molecular weight excluding hydrogens is 426 g/mol. The van der Waals surface area contributed by atoms with Gasteiger partial charge in [-0.05, 0) is 50.6 Å². The van der Waals surface area contributed by atoms with Crippen LogP contribution in [0.4, 0.5) is 0 Å². The normalized spacial score (nSPS) is 17.0. The molecule has 0 radical (unpaired) electrons. The highest BCUT2D eigenvalue weighted by molar-refractivity contribution is 5.88. The van der Waals surface area contributed by atoms with Crippen molar-refractivity contribution in [2.24, 2.45) is 16.9 Å². The second-order valence-corrected chi connectivity index (χ2v) is 8.27. The number of rotatable bonds is 6. The number of piperidine rings is 1. The van der Waals surface area contributed by atoms with Crippen molar-refractivity contribution in [1.29, 1.82) is 0 Å². The molecule has 32 heavy (non-hydrogen) atoms. The monoisotopic (exact) mass is 455 g/mol. The Morgan fingerprint density at radius 1 is 1.09 bits per heavy atom. The largest absolute Gasteiger partial charge is 0.507 e. The van der Waals surface area contributed by atoms with E-state index >= 15 is 0 Å². The van der Waals surface area contributed by atoms with Crippen LogP contribution in [0.25, 0.3) is 11.0 Å². The van der Waals surface area contributed by atoms with Gasteiger partial charge in [-0.2, -0.15) is 5.10 Å². The highest BCUT2D eigenvalue weighted by Crippen LogP contribution is 2.39. The molecule has 1 aliphatic heterocycles. The number of para-hydroxylation sites is 1. The molecule has 2 aromatic carbocycles. The van der Waals surface area contributed by atoms with Crippen LogP contribution in [0.3, 0.4) is 0 Å². The van der Waals surface area contributed by atoms with Crippen LogP contribution in [-0.2, 0) is 0 Å². The lowest BCUT2D eigenvalue weighted by Crippen LogP contribution is -2.40. The van der Waals surface area contributed by atoms with Crippen LogP contribution >= 0.6 is 12.4 Å². The van der Waals surface area contributed by atoms with Gasteiger partial charge in [0.05, 0.1) is 10.9 Å². The van der Waals surface area contributed by atoms with Crippen LogP contribution < -0.4 is 11.5 Å². The van der Waals surface area contributed by atoms with Gasteiger partial charge in [-0.1, -0.05) is 48.9 Å². The summed E-state index contributed by atoms with van der Waals surface area (Å²) in [6, 6.07) is 16.8. The van der Waals surface area contributed by atoms with Gasteiger partial charge in [-0.25, -0.2) is 4.79 Å². The molecule has 0 bridgehead atoms. The molecule has 0 aliphatic carbocycles. The summed E-state index contributed by atoms with van der Waals surface area (Å²) in [5.74, 6) is 5.10. The van der Waals surface area contributed by atoms with E-state index in [4.69, 9.17) is 10.3 Å². The third kappa shape index (κ3) is 4.81. The van der Waals surface area contributed by atoms with Crippen LogP contribution in [0.2, 0.25) is 0 Å². The van der Waals surface area contributed by atoms with Crippen molar-refractivity contribution < 1.29 is 9.52 Å². The SMILES string of the molecule is C/C(=N/N)C(CN1CCCCC1)C(c1ccccc1)c1c(O)c2ccccc2oc1=O.Cl. The van der Waals surface area contributed by atoms with Gasteiger partial charge in [0, 0.05) is 24.1 Å². The molecule has 3 N–H and O–H groups in total. The maximum Gasteiger partial charge on any atom is 0.343 e. The van der Waals surface area contributed by atoms with Gasteiger partial charge in [0.15, 0.2) is 0 Å². The Balaban J connectivity index is 0.00000289. The van der Waals surface area contributed by atoms with E-state index in [1.165, 1.54) is 6.42 Å². The van der Waals surface area contributed by atoms with Crippen molar-refractivity contribution in [2.45, 2.75) is 32.1 Å². The first-order chi connectivity index (χ1) is 15.1. The second-order valence-electron chi connectivity index (χ2n) is 8.27. The molecule has 170 valence electrons. The predicted octanol–water partition coefficient (Wildman–Crippen LogP) is 4.49. The number of fused-ring (bicyclic) bond motifs is 1. The number of hydrogen-bond donors (Lipinski definition) is 2. The Labute approximate surface area is 194 Å². The highest BCUT2D eigenvalue weighted by Gasteiger charge is 2.34. The van der Waals surface area contributed by atoms with E-state index in [0.717, 1.165) is 37.2 Å². The van der Waals surface area contributed by atoms with Gasteiger partial charge < -0.3 is 20.3 Å². The first-order valence-corrected chi connectivity index (χ1v) is 10.9. The maximum atomic E-state index is 13.2. The van der Waals surface area contributed by atoms with E-state index in [0.29, 0.717) is 17.5 Å². The lowest BCUT2D eigenvalue weighted by Gasteiger charge is -2.34. The summed E-state index contributed by atoms with van der Waals surface area (Å²) >= 11 is 0. The average Bonchev–Trinajstić information content (AvgIpc) is 2.81. The quantitative estimate of drug-likeness (QED) is 0.247. The van der Waals surface area contributed by atoms with E-state index in [1.807, 2.05) is 43.3 Å². The van der Waals surface area contributed by atoms with Crippen LogP contribution in [0, 0.1) is 5.92 Å². The Morgan fingerprint density at radius 2 is 1.75 bits per heavy atom. The van der Waals surface area contributed by atoms with E-state index in [-0.39, 0.29) is 29.6 Å². The van der Waals surface area contributed by atoms with Crippen molar-refractivity contribution in [3.63, 3.8) is 0 Å². The van der Waals surface area contributed by atoms with Gasteiger partial charge in [0.25, 0.3) is 0 Å². The van der Waals surface area contributed by atoms with Gasteiger partial charge in [-0.3, -0.25) is 0 Å². The first kappa shape index (κ1) is 23.8. The Morgan fingerprint density at radius 3 is 2.44 bits per heavy atom. The molecule has 7 heteroatoms. The summed E-state index contributed by atoms with van der Waals surface area (Å²) in [5, 5.41) is 15.8. The summed E-state index contributed by atoms with van der Waals surface area (Å²) in [6.45, 7) is 4.62. The van der Waals surface area contributed by atoms with Crippen molar-refractivity contribution in [3.8, 4) is 5.75 Å². The molecule has 2 atom stereocenters. The number of likely N-dealkylation sites (tertiary alicyclic amines) is 1. The standard InChI is InChI=1S/C25H29N3O3.ClH/c1-17(27-26)20(16-28-14-8-3-9-15-28)22(18-10-4-2-5-11-18)23-24(29)19-12-6-7-13-21(19)31-25(23)30;/h2,4-7,10-13,20,22,29H,3,8-9,14-16,26H2,1H3;1H/b27-17-;. The molecule has 4 rings (SSSR count). The summed E-state index contributed by atoms with van der Waals surface area (Å²) < 4.78 is 5.63. The fourth-order valence-corrected chi connectivity index (χ4v) is 4.68. The van der Waals surface area contributed by atoms with Crippen molar-refractivity contribution in [2.75, 3.05) is 19.6 Å². The fraction of sp³-hybridized carbons (Fsp3) is 0.360. The van der Waals surface area contributed by atoms with Gasteiger partial charge in [0.1, 0.15) is 11.3 Å². The van der Waals surface area contributed by atoms with Crippen molar-refractivity contribution in [1.82, 2.24) is 4.90 Å². The second kappa shape index (κ2) is 10.7. The summed E-state index contributed by atoms with van der Waals surface area (Å²) in [6.07, 6.45) is 3.55. The number of halogens is 1. The summed E-state index contributed by atoms with van der Waals surface area (Å²) in [7, 11) is 0. The van der Waals surface area contributed by atoms with Gasteiger partial charge in [0.2, 0.25) is 0 Å². The van der Waals surface area contributed by atoms with Crippen LogP contribution in [-0.4, -0.2) is 35.4 Å². The zero-order valence-corrected chi connectivity index (χ0v) is 19.1. The summed E-state index contributed by atoms with van der Waals surface area (Å²) in [4.78, 5) is 15.6. The fourth-order valence-electron chi connectivity index (χ4n) is 4.68. The molecule has 3 aromatic rings. The highest BCUT2D eigenvalue weighted by atomic mass is 35.5. The Kier molecular flexibility index (Phi) is 7.94. The summed E-state index contributed by atoms with van der Waals surface area (Å²) in [5.41, 5.74) is 1.77. The number of aromatic hydroxyl groups is 1. The van der Waals surface area contributed by atoms with Gasteiger partial charge >= 0.3 is 5.63 Å². The minimum atomic E-state index is -0.529. The zero-order chi connectivity index (χ0) is 21.8. The van der Waals surface area contributed by atoms with Gasteiger partial charge in [-0.15, -0.1) is 12.4 Å². The maximum absolute atomic E-state index is 13.2. The number of nitrogens with two attached hydrogens (primary N) is 1. The number of benzene rings is 2. The van der Waals surface area contributed by atoms with Crippen molar-refractivity contribution >= 4 is 29.1 Å². The molecule has 1 saturated heterocycles. The zero-order valence-electron chi connectivity index (χ0n) is 18.2. The van der Waals surface area contributed by atoms with E-state index in [2.05, 4.69) is 10.0 Å². The third-order valence-electron chi connectivity index (χ3n) is 6.34. The molecule has 1 aromatic heterocycles.